The number of benzene rings is 1. The molecule has 0 bridgehead atoms. The standard InChI is InChI=1S/C20H34N4O3S.HI/c1-4-20(11-5-6-12-20)16-23-19(21-2)22-15-17-7-9-18(10-8-17)28(25,26)24-13-14-27-3;/h7-10,24H,4-6,11-16H2,1-3H3,(H2,21,22,23);1H. The second kappa shape index (κ2) is 12.7. The van der Waals surface area contributed by atoms with E-state index < -0.39 is 10.0 Å². The first kappa shape index (κ1) is 26.1. The molecule has 0 amide bonds. The summed E-state index contributed by atoms with van der Waals surface area (Å²) in [7, 11) is -0.195. The van der Waals surface area contributed by atoms with E-state index in [2.05, 4.69) is 27.3 Å². The number of halogens is 1. The van der Waals surface area contributed by atoms with Crippen molar-refractivity contribution in [1.82, 2.24) is 15.4 Å². The van der Waals surface area contributed by atoms with Gasteiger partial charge in [-0.25, -0.2) is 13.1 Å². The number of sulfonamides is 1. The predicted octanol–water partition coefficient (Wildman–Crippen LogP) is 2.86. The zero-order valence-corrected chi connectivity index (χ0v) is 20.8. The fraction of sp³-hybridized carbons (Fsp3) is 0.650. The van der Waals surface area contributed by atoms with Crippen molar-refractivity contribution >= 4 is 40.0 Å². The average Bonchev–Trinajstić information content (AvgIpc) is 3.18. The Morgan fingerprint density at radius 1 is 1.17 bits per heavy atom. The predicted molar refractivity (Wildman–Crippen MR) is 128 cm³/mol. The van der Waals surface area contributed by atoms with Crippen molar-refractivity contribution in [2.24, 2.45) is 10.4 Å². The van der Waals surface area contributed by atoms with Crippen LogP contribution in [0.4, 0.5) is 0 Å². The van der Waals surface area contributed by atoms with Gasteiger partial charge in [0.05, 0.1) is 11.5 Å². The summed E-state index contributed by atoms with van der Waals surface area (Å²) < 4.78 is 31.8. The summed E-state index contributed by atoms with van der Waals surface area (Å²) in [5.41, 5.74) is 1.38. The minimum atomic E-state index is -3.50. The molecule has 0 aliphatic heterocycles. The summed E-state index contributed by atoms with van der Waals surface area (Å²) in [5.74, 6) is 0.776. The van der Waals surface area contributed by atoms with Crippen molar-refractivity contribution in [2.45, 2.75) is 50.5 Å². The molecule has 0 unspecified atom stereocenters. The molecule has 1 fully saturated rings. The Hall–Kier alpha value is -0.910. The van der Waals surface area contributed by atoms with Crippen LogP contribution in [-0.4, -0.2) is 48.2 Å². The highest BCUT2D eigenvalue weighted by molar-refractivity contribution is 14.0. The number of nitrogens with one attached hydrogen (secondary N) is 3. The number of rotatable bonds is 10. The Bertz CT molecular complexity index is 733. The molecule has 1 aliphatic rings. The molecule has 1 aliphatic carbocycles. The van der Waals surface area contributed by atoms with Gasteiger partial charge in [-0.1, -0.05) is 31.9 Å². The lowest BCUT2D eigenvalue weighted by molar-refractivity contribution is 0.204. The minimum absolute atomic E-state index is 0. The second-order valence-electron chi connectivity index (χ2n) is 7.37. The van der Waals surface area contributed by atoms with Crippen molar-refractivity contribution in [3.63, 3.8) is 0 Å². The number of hydrogen-bond acceptors (Lipinski definition) is 4. The lowest BCUT2D eigenvalue weighted by Gasteiger charge is -2.28. The molecule has 9 heteroatoms. The van der Waals surface area contributed by atoms with Gasteiger partial charge in [-0.15, -0.1) is 24.0 Å². The lowest BCUT2D eigenvalue weighted by atomic mass is 9.83. The van der Waals surface area contributed by atoms with Crippen LogP contribution in [0.5, 0.6) is 0 Å². The van der Waals surface area contributed by atoms with Gasteiger partial charge in [0.25, 0.3) is 0 Å². The van der Waals surface area contributed by atoms with E-state index in [-0.39, 0.29) is 35.4 Å². The molecular formula is C20H35IN4O3S. The highest BCUT2D eigenvalue weighted by atomic mass is 127. The molecule has 166 valence electrons. The van der Waals surface area contributed by atoms with E-state index in [0.29, 0.717) is 18.6 Å². The van der Waals surface area contributed by atoms with Gasteiger partial charge in [0.1, 0.15) is 0 Å². The van der Waals surface area contributed by atoms with Gasteiger partial charge in [-0.05, 0) is 42.4 Å². The maximum atomic E-state index is 12.2. The maximum absolute atomic E-state index is 12.2. The van der Waals surface area contributed by atoms with E-state index in [4.69, 9.17) is 4.74 Å². The first-order chi connectivity index (χ1) is 13.4. The number of guanidine groups is 1. The van der Waals surface area contributed by atoms with Crippen LogP contribution in [0.15, 0.2) is 34.2 Å². The van der Waals surface area contributed by atoms with Gasteiger partial charge >= 0.3 is 0 Å². The Morgan fingerprint density at radius 3 is 2.38 bits per heavy atom. The number of hydrogen-bond donors (Lipinski definition) is 3. The second-order valence-corrected chi connectivity index (χ2v) is 9.14. The molecule has 0 atom stereocenters. The van der Waals surface area contributed by atoms with Crippen LogP contribution in [0.25, 0.3) is 0 Å². The van der Waals surface area contributed by atoms with E-state index >= 15 is 0 Å². The van der Waals surface area contributed by atoms with Gasteiger partial charge in [0.2, 0.25) is 10.0 Å². The highest BCUT2D eigenvalue weighted by Crippen LogP contribution is 2.40. The monoisotopic (exact) mass is 538 g/mol. The van der Waals surface area contributed by atoms with Crippen LogP contribution < -0.4 is 15.4 Å². The van der Waals surface area contributed by atoms with E-state index in [0.717, 1.165) is 18.1 Å². The first-order valence-electron chi connectivity index (χ1n) is 9.97. The third-order valence-electron chi connectivity index (χ3n) is 5.56. The average molecular weight is 538 g/mol. The largest absolute Gasteiger partial charge is 0.383 e. The van der Waals surface area contributed by atoms with E-state index in [9.17, 15) is 8.42 Å². The summed E-state index contributed by atoms with van der Waals surface area (Å²) >= 11 is 0. The molecule has 0 saturated heterocycles. The van der Waals surface area contributed by atoms with Gasteiger partial charge in [0, 0.05) is 33.8 Å². The molecule has 7 nitrogen and oxygen atoms in total. The molecule has 1 saturated carbocycles. The molecule has 1 aromatic carbocycles. The van der Waals surface area contributed by atoms with Gasteiger partial charge in [-0.3, -0.25) is 4.99 Å². The van der Waals surface area contributed by atoms with E-state index in [1.807, 2.05) is 12.1 Å². The quantitative estimate of drug-likeness (QED) is 0.185. The molecule has 0 radical (unpaired) electrons. The molecule has 0 spiro atoms. The number of ether oxygens (including phenoxy) is 1. The summed E-state index contributed by atoms with van der Waals surface area (Å²) in [5, 5.41) is 6.77. The van der Waals surface area contributed by atoms with Crippen molar-refractivity contribution in [1.29, 1.82) is 0 Å². The van der Waals surface area contributed by atoms with E-state index in [1.165, 1.54) is 39.2 Å². The molecule has 1 aromatic rings. The van der Waals surface area contributed by atoms with Crippen molar-refractivity contribution < 1.29 is 13.2 Å². The zero-order valence-electron chi connectivity index (χ0n) is 17.7. The lowest BCUT2D eigenvalue weighted by Crippen LogP contribution is -2.42. The summed E-state index contributed by atoms with van der Waals surface area (Å²) in [4.78, 5) is 4.56. The number of nitrogens with zero attached hydrogens (tertiary/aromatic N) is 1. The third kappa shape index (κ3) is 8.03. The fourth-order valence-corrected chi connectivity index (χ4v) is 4.62. The van der Waals surface area contributed by atoms with Crippen molar-refractivity contribution in [3.05, 3.63) is 29.8 Å². The molecular weight excluding hydrogens is 503 g/mol. The van der Waals surface area contributed by atoms with Crippen LogP contribution in [0, 0.1) is 5.41 Å². The maximum Gasteiger partial charge on any atom is 0.240 e. The van der Waals surface area contributed by atoms with Gasteiger partial charge in [0.15, 0.2) is 5.96 Å². The minimum Gasteiger partial charge on any atom is -0.383 e. The molecule has 0 aromatic heterocycles. The Balaban J connectivity index is 0.00000420. The van der Waals surface area contributed by atoms with Crippen LogP contribution in [0.1, 0.15) is 44.6 Å². The SMILES string of the molecule is CCC1(CNC(=NC)NCc2ccc(S(=O)(=O)NCCOC)cc2)CCCC1.I. The zero-order chi connectivity index (χ0) is 20.5. The van der Waals surface area contributed by atoms with Crippen molar-refractivity contribution in [3.8, 4) is 0 Å². The molecule has 0 heterocycles. The first-order valence-corrected chi connectivity index (χ1v) is 11.4. The fourth-order valence-electron chi connectivity index (χ4n) is 3.61. The normalized spacial score (nSPS) is 16.3. The Labute approximate surface area is 192 Å². The number of aliphatic imine (C=N–C) groups is 1. The molecule has 3 N–H and O–H groups in total. The summed E-state index contributed by atoms with van der Waals surface area (Å²) in [6.07, 6.45) is 6.38. The molecule has 2 rings (SSSR count). The van der Waals surface area contributed by atoms with Crippen LogP contribution in [-0.2, 0) is 21.3 Å². The highest BCUT2D eigenvalue weighted by Gasteiger charge is 2.31. The van der Waals surface area contributed by atoms with Gasteiger partial charge in [-0.2, -0.15) is 0 Å². The summed E-state index contributed by atoms with van der Waals surface area (Å²) in [6, 6.07) is 6.87. The van der Waals surface area contributed by atoms with Crippen LogP contribution >= 0.6 is 24.0 Å². The van der Waals surface area contributed by atoms with Crippen LogP contribution in [0.2, 0.25) is 0 Å². The van der Waals surface area contributed by atoms with E-state index in [1.54, 1.807) is 19.2 Å². The Morgan fingerprint density at radius 2 is 1.83 bits per heavy atom. The smallest absolute Gasteiger partial charge is 0.240 e. The van der Waals surface area contributed by atoms with Crippen LogP contribution in [0.3, 0.4) is 0 Å². The summed E-state index contributed by atoms with van der Waals surface area (Å²) in [6.45, 7) is 4.38. The van der Waals surface area contributed by atoms with Crippen molar-refractivity contribution in [2.75, 3.05) is 33.9 Å². The van der Waals surface area contributed by atoms with Gasteiger partial charge < -0.3 is 15.4 Å². The third-order valence-corrected chi connectivity index (χ3v) is 7.04. The molecule has 29 heavy (non-hydrogen) atoms. The topological polar surface area (TPSA) is 91.8 Å². The number of methoxy groups -OCH3 is 1. The Kier molecular flexibility index (Phi) is 11.4.